The standard InChI is InChI=1S/C16H14BrClN2S/c1-20(8-11-6-15(17)21-10-11)9-13-7-12-4-2-3-5-14(12)19-16(13)18/h2-7,10H,8-9H2,1H3. The lowest BCUT2D eigenvalue weighted by molar-refractivity contribution is 0.319. The van der Waals surface area contributed by atoms with E-state index in [1.54, 1.807) is 11.3 Å². The molecule has 0 aliphatic carbocycles. The molecule has 0 saturated carbocycles. The molecule has 108 valence electrons. The first-order valence-electron chi connectivity index (χ1n) is 6.57. The Bertz CT molecular complexity index is 772. The number of benzene rings is 1. The third kappa shape index (κ3) is 3.64. The predicted octanol–water partition coefficient (Wildman–Crippen LogP) is 5.34. The average molecular weight is 382 g/mol. The lowest BCUT2D eigenvalue weighted by Gasteiger charge is -2.17. The molecule has 2 nitrogen and oxygen atoms in total. The summed E-state index contributed by atoms with van der Waals surface area (Å²) in [5.41, 5.74) is 3.31. The number of para-hydroxylation sites is 1. The molecule has 2 aromatic heterocycles. The van der Waals surface area contributed by atoms with Crippen LogP contribution in [0.4, 0.5) is 0 Å². The van der Waals surface area contributed by atoms with Gasteiger partial charge in [0.15, 0.2) is 0 Å². The van der Waals surface area contributed by atoms with Gasteiger partial charge in [-0.1, -0.05) is 29.8 Å². The number of nitrogens with zero attached hydrogens (tertiary/aromatic N) is 2. The second-order valence-corrected chi connectivity index (χ2v) is 7.71. The van der Waals surface area contributed by atoms with Crippen molar-refractivity contribution in [2.45, 2.75) is 13.1 Å². The van der Waals surface area contributed by atoms with Crippen LogP contribution >= 0.6 is 38.9 Å². The summed E-state index contributed by atoms with van der Waals surface area (Å²) in [6.07, 6.45) is 0. The molecule has 0 bridgehead atoms. The van der Waals surface area contributed by atoms with Crippen molar-refractivity contribution in [2.24, 2.45) is 0 Å². The average Bonchev–Trinajstić information content (AvgIpc) is 2.85. The van der Waals surface area contributed by atoms with Crippen LogP contribution in [0.2, 0.25) is 5.15 Å². The lowest BCUT2D eigenvalue weighted by atomic mass is 10.1. The van der Waals surface area contributed by atoms with Crippen LogP contribution in [0.3, 0.4) is 0 Å². The van der Waals surface area contributed by atoms with Gasteiger partial charge in [0.2, 0.25) is 0 Å². The van der Waals surface area contributed by atoms with Crippen LogP contribution in [0.5, 0.6) is 0 Å². The molecular formula is C16H14BrClN2S. The highest BCUT2D eigenvalue weighted by Gasteiger charge is 2.09. The summed E-state index contributed by atoms with van der Waals surface area (Å²) in [6, 6.07) is 12.3. The molecule has 3 rings (SSSR count). The van der Waals surface area contributed by atoms with Gasteiger partial charge in [-0.15, -0.1) is 11.3 Å². The minimum absolute atomic E-state index is 0.590. The smallest absolute Gasteiger partial charge is 0.134 e. The van der Waals surface area contributed by atoms with Crippen molar-refractivity contribution in [3.63, 3.8) is 0 Å². The fourth-order valence-electron chi connectivity index (χ4n) is 2.33. The van der Waals surface area contributed by atoms with Gasteiger partial charge in [0.25, 0.3) is 0 Å². The summed E-state index contributed by atoms with van der Waals surface area (Å²) in [7, 11) is 2.09. The molecule has 0 radical (unpaired) electrons. The zero-order chi connectivity index (χ0) is 14.8. The second-order valence-electron chi connectivity index (χ2n) is 5.06. The lowest BCUT2D eigenvalue weighted by Crippen LogP contribution is -2.17. The molecule has 0 saturated heterocycles. The minimum Gasteiger partial charge on any atom is -0.298 e. The number of hydrogen-bond acceptors (Lipinski definition) is 3. The van der Waals surface area contributed by atoms with E-state index in [1.807, 2.05) is 18.2 Å². The van der Waals surface area contributed by atoms with E-state index in [0.717, 1.165) is 33.3 Å². The fourth-order valence-corrected chi connectivity index (χ4v) is 3.74. The molecule has 5 heteroatoms. The maximum Gasteiger partial charge on any atom is 0.134 e. The Kier molecular flexibility index (Phi) is 4.60. The van der Waals surface area contributed by atoms with Gasteiger partial charge in [-0.05, 0) is 52.1 Å². The quantitative estimate of drug-likeness (QED) is 0.567. The molecule has 0 spiro atoms. The van der Waals surface area contributed by atoms with E-state index in [2.05, 4.69) is 56.4 Å². The monoisotopic (exact) mass is 380 g/mol. The fraction of sp³-hybridized carbons (Fsp3) is 0.188. The van der Waals surface area contributed by atoms with Crippen LogP contribution < -0.4 is 0 Å². The van der Waals surface area contributed by atoms with Gasteiger partial charge >= 0.3 is 0 Å². The van der Waals surface area contributed by atoms with Crippen LogP contribution in [-0.4, -0.2) is 16.9 Å². The first kappa shape index (κ1) is 15.0. The first-order chi connectivity index (χ1) is 10.1. The van der Waals surface area contributed by atoms with E-state index < -0.39 is 0 Å². The summed E-state index contributed by atoms with van der Waals surface area (Å²) >= 11 is 11.5. The number of aromatic nitrogens is 1. The third-order valence-electron chi connectivity index (χ3n) is 3.26. The zero-order valence-corrected chi connectivity index (χ0v) is 14.7. The van der Waals surface area contributed by atoms with Crippen molar-refractivity contribution in [3.05, 3.63) is 61.8 Å². The Morgan fingerprint density at radius 2 is 2.05 bits per heavy atom. The van der Waals surface area contributed by atoms with Crippen LogP contribution in [0.25, 0.3) is 10.9 Å². The SMILES string of the molecule is CN(Cc1csc(Br)c1)Cc1cc2ccccc2nc1Cl. The van der Waals surface area contributed by atoms with E-state index in [4.69, 9.17) is 11.6 Å². The summed E-state index contributed by atoms with van der Waals surface area (Å²) in [5.74, 6) is 0. The molecule has 3 aromatic rings. The maximum atomic E-state index is 6.31. The molecule has 0 fully saturated rings. The van der Waals surface area contributed by atoms with Gasteiger partial charge in [0.1, 0.15) is 5.15 Å². The molecule has 21 heavy (non-hydrogen) atoms. The minimum atomic E-state index is 0.590. The van der Waals surface area contributed by atoms with Gasteiger partial charge < -0.3 is 0 Å². The highest BCUT2D eigenvalue weighted by atomic mass is 79.9. The summed E-state index contributed by atoms with van der Waals surface area (Å²) < 4.78 is 1.16. The van der Waals surface area contributed by atoms with Crippen molar-refractivity contribution >= 4 is 49.8 Å². The van der Waals surface area contributed by atoms with Crippen molar-refractivity contribution in [1.29, 1.82) is 0 Å². The van der Waals surface area contributed by atoms with Gasteiger partial charge in [-0.25, -0.2) is 4.98 Å². The van der Waals surface area contributed by atoms with Crippen molar-refractivity contribution in [3.8, 4) is 0 Å². The topological polar surface area (TPSA) is 16.1 Å². The number of halogens is 2. The largest absolute Gasteiger partial charge is 0.298 e. The molecule has 2 heterocycles. The normalized spacial score (nSPS) is 11.4. The summed E-state index contributed by atoms with van der Waals surface area (Å²) in [4.78, 5) is 6.72. The number of hydrogen-bond donors (Lipinski definition) is 0. The highest BCUT2D eigenvalue weighted by molar-refractivity contribution is 9.11. The molecule has 0 amide bonds. The predicted molar refractivity (Wildman–Crippen MR) is 93.9 cm³/mol. The van der Waals surface area contributed by atoms with Crippen LogP contribution in [0.15, 0.2) is 45.6 Å². The maximum absolute atomic E-state index is 6.31. The van der Waals surface area contributed by atoms with E-state index >= 15 is 0 Å². The Hall–Kier alpha value is -0.940. The van der Waals surface area contributed by atoms with Gasteiger partial charge in [-0.2, -0.15) is 0 Å². The Morgan fingerprint density at radius 3 is 2.81 bits per heavy atom. The highest BCUT2D eigenvalue weighted by Crippen LogP contribution is 2.24. The summed E-state index contributed by atoms with van der Waals surface area (Å²) in [6.45, 7) is 1.68. The van der Waals surface area contributed by atoms with E-state index in [0.29, 0.717) is 5.15 Å². The number of thiophene rings is 1. The number of fused-ring (bicyclic) bond motifs is 1. The Balaban J connectivity index is 1.79. The zero-order valence-electron chi connectivity index (χ0n) is 11.5. The molecule has 0 unspecified atom stereocenters. The number of pyridine rings is 1. The van der Waals surface area contributed by atoms with Gasteiger partial charge in [0.05, 0.1) is 9.30 Å². The molecule has 0 atom stereocenters. The van der Waals surface area contributed by atoms with Crippen LogP contribution in [0, 0.1) is 0 Å². The number of rotatable bonds is 4. The van der Waals surface area contributed by atoms with Gasteiger partial charge in [0, 0.05) is 24.0 Å². The first-order valence-corrected chi connectivity index (χ1v) is 8.62. The Labute approximate surface area is 141 Å². The molecular weight excluding hydrogens is 368 g/mol. The third-order valence-corrected chi connectivity index (χ3v) is 5.15. The van der Waals surface area contributed by atoms with Crippen LogP contribution in [0.1, 0.15) is 11.1 Å². The van der Waals surface area contributed by atoms with Gasteiger partial charge in [-0.3, -0.25) is 4.90 Å². The molecule has 0 aliphatic heterocycles. The molecule has 0 aliphatic rings. The molecule has 1 aromatic carbocycles. The van der Waals surface area contributed by atoms with Crippen molar-refractivity contribution in [2.75, 3.05) is 7.05 Å². The van der Waals surface area contributed by atoms with E-state index in [1.165, 1.54) is 5.56 Å². The van der Waals surface area contributed by atoms with E-state index in [9.17, 15) is 0 Å². The summed E-state index contributed by atoms with van der Waals surface area (Å²) in [5, 5.41) is 3.89. The second kappa shape index (κ2) is 6.44. The van der Waals surface area contributed by atoms with Crippen LogP contribution in [-0.2, 0) is 13.1 Å². The van der Waals surface area contributed by atoms with Crippen molar-refractivity contribution < 1.29 is 0 Å². The van der Waals surface area contributed by atoms with Crippen molar-refractivity contribution in [1.82, 2.24) is 9.88 Å². The molecule has 0 N–H and O–H groups in total. The van der Waals surface area contributed by atoms with E-state index in [-0.39, 0.29) is 0 Å². The Morgan fingerprint density at radius 1 is 1.24 bits per heavy atom.